The number of aliphatic hydroxyl groups is 1. The number of hydrogen-bond donors (Lipinski definition) is 2. The van der Waals surface area contributed by atoms with Gasteiger partial charge >= 0.3 is 0 Å². The van der Waals surface area contributed by atoms with E-state index >= 15 is 0 Å². The molecule has 1 fully saturated rings. The Kier molecular flexibility index (Phi) is 12.0. The summed E-state index contributed by atoms with van der Waals surface area (Å²) in [7, 11) is -1.62. The second kappa shape index (κ2) is 15.8. The first kappa shape index (κ1) is 36.4. The highest BCUT2D eigenvalue weighted by molar-refractivity contribution is 7.84. The van der Waals surface area contributed by atoms with Crippen LogP contribution in [0.2, 0.25) is 5.02 Å². The molecule has 2 aliphatic heterocycles. The molecule has 2 aromatic rings. The molecule has 3 aliphatic rings. The Hall–Kier alpha value is -2.88. The van der Waals surface area contributed by atoms with Crippen LogP contribution in [0.15, 0.2) is 48.6 Å². The van der Waals surface area contributed by atoms with Gasteiger partial charge in [-0.1, -0.05) is 50.1 Å². The van der Waals surface area contributed by atoms with Crippen LogP contribution in [0.5, 0.6) is 5.75 Å². The normalized spacial score (nSPS) is 29.8. The number of nitrogens with zero attached hydrogens (tertiary/aromatic N) is 2. The Morgan fingerprint density at radius 2 is 1.90 bits per heavy atom. The molecule has 10 heteroatoms. The summed E-state index contributed by atoms with van der Waals surface area (Å²) in [5.74, 6) is 0.252. The summed E-state index contributed by atoms with van der Waals surface area (Å²) in [5, 5.41) is 12.8. The minimum atomic E-state index is -1.62. The van der Waals surface area contributed by atoms with Crippen LogP contribution < -0.4 is 14.4 Å². The van der Waals surface area contributed by atoms with Crippen LogP contribution in [-0.4, -0.2) is 69.7 Å². The SMILES string of the molecule is CCCc1cc(Cl)ccc1C1COc2ccc3cc2N(C1)CC1CCC1[C@](O)(CC(=O)N(CC)CC)/C=C/CC(C)C(C)S(=O)NC3=O. The number of hydrogen-bond acceptors (Lipinski definition) is 6. The highest BCUT2D eigenvalue weighted by atomic mass is 35.5. The van der Waals surface area contributed by atoms with Crippen LogP contribution in [0.1, 0.15) is 94.1 Å². The van der Waals surface area contributed by atoms with E-state index in [0.717, 1.165) is 31.4 Å². The number of benzene rings is 2. The Morgan fingerprint density at radius 3 is 2.58 bits per heavy atom. The molecule has 5 rings (SSSR count). The first-order valence-corrected chi connectivity index (χ1v) is 19.3. The maximum absolute atomic E-state index is 13.5. The number of aryl methyl sites for hydroxylation is 1. The number of carbonyl (C=O) groups is 2. The zero-order valence-electron chi connectivity index (χ0n) is 29.0. The number of halogens is 1. The fraction of sp³-hybridized carbons (Fsp3) is 0.579. The third kappa shape index (κ3) is 7.95. The summed E-state index contributed by atoms with van der Waals surface area (Å²) >= 11 is 6.44. The lowest BCUT2D eigenvalue weighted by Gasteiger charge is -2.48. The van der Waals surface area contributed by atoms with Crippen LogP contribution in [0.3, 0.4) is 0 Å². The first-order valence-electron chi connectivity index (χ1n) is 17.7. The van der Waals surface area contributed by atoms with Crippen LogP contribution in [0, 0.1) is 17.8 Å². The molecule has 48 heavy (non-hydrogen) atoms. The fourth-order valence-electron chi connectivity index (χ4n) is 7.56. The Labute approximate surface area is 293 Å². The van der Waals surface area contributed by atoms with Crippen molar-refractivity contribution in [3.05, 3.63) is 70.3 Å². The summed E-state index contributed by atoms with van der Waals surface area (Å²) in [6.45, 7) is 12.9. The van der Waals surface area contributed by atoms with Gasteiger partial charge in [-0.15, -0.1) is 0 Å². The van der Waals surface area contributed by atoms with Gasteiger partial charge in [0.15, 0.2) is 0 Å². The molecule has 2 N–H and O–H groups in total. The van der Waals surface area contributed by atoms with Gasteiger partial charge in [0, 0.05) is 42.7 Å². The molecule has 8 nitrogen and oxygen atoms in total. The highest BCUT2D eigenvalue weighted by Gasteiger charge is 2.47. The number of anilines is 1. The van der Waals surface area contributed by atoms with Crippen molar-refractivity contribution in [3.63, 3.8) is 0 Å². The number of nitrogens with one attached hydrogen (secondary N) is 1. The minimum absolute atomic E-state index is 0.0237. The predicted octanol–water partition coefficient (Wildman–Crippen LogP) is 6.67. The van der Waals surface area contributed by atoms with Gasteiger partial charge in [0.05, 0.1) is 29.6 Å². The molecule has 2 heterocycles. The van der Waals surface area contributed by atoms with E-state index in [1.807, 2.05) is 58.0 Å². The molecule has 1 saturated carbocycles. The largest absolute Gasteiger partial charge is 0.491 e. The van der Waals surface area contributed by atoms with E-state index in [0.29, 0.717) is 55.5 Å². The van der Waals surface area contributed by atoms with E-state index in [9.17, 15) is 18.9 Å². The molecule has 2 aromatic carbocycles. The van der Waals surface area contributed by atoms with Gasteiger partial charge < -0.3 is 19.6 Å². The van der Waals surface area contributed by atoms with E-state index in [2.05, 4.69) is 28.7 Å². The van der Waals surface area contributed by atoms with E-state index in [-0.39, 0.29) is 47.2 Å². The molecule has 2 bridgehead atoms. The van der Waals surface area contributed by atoms with Crippen molar-refractivity contribution in [3.8, 4) is 5.75 Å². The van der Waals surface area contributed by atoms with Gasteiger partial charge in [-0.05, 0) is 106 Å². The number of ether oxygens (including phenoxy) is 1. The van der Waals surface area contributed by atoms with Crippen molar-refractivity contribution < 1.29 is 23.6 Å². The van der Waals surface area contributed by atoms with Gasteiger partial charge in [-0.25, -0.2) is 4.21 Å². The van der Waals surface area contributed by atoms with Crippen molar-refractivity contribution in [2.45, 2.75) is 89.9 Å². The second-order valence-corrected chi connectivity index (χ2v) is 15.9. The van der Waals surface area contributed by atoms with Gasteiger partial charge in [0.1, 0.15) is 16.7 Å². The van der Waals surface area contributed by atoms with Crippen molar-refractivity contribution >= 4 is 40.1 Å². The Bertz CT molecular complexity index is 1530. The topological polar surface area (TPSA) is 99.2 Å². The third-order valence-corrected chi connectivity index (χ3v) is 12.6. The van der Waals surface area contributed by atoms with Gasteiger partial charge in [0.25, 0.3) is 5.91 Å². The monoisotopic (exact) mass is 697 g/mol. The zero-order chi connectivity index (χ0) is 34.6. The summed E-state index contributed by atoms with van der Waals surface area (Å²) in [6, 6.07) is 11.5. The number of carbonyl (C=O) groups excluding carboxylic acids is 2. The molecule has 2 amide bonds. The fourth-order valence-corrected chi connectivity index (χ4v) is 8.77. The van der Waals surface area contributed by atoms with Crippen LogP contribution in [-0.2, 0) is 22.2 Å². The first-order chi connectivity index (χ1) is 23.0. The summed E-state index contributed by atoms with van der Waals surface area (Å²) in [6.07, 6.45) is 8.01. The lowest BCUT2D eigenvalue weighted by atomic mass is 9.63. The van der Waals surface area contributed by atoms with Crippen molar-refractivity contribution in [1.29, 1.82) is 0 Å². The standard InChI is InChI=1S/C38H52ClN3O5S/c1-6-10-27-19-31(39)14-15-32(27)30-23-42-22-29-12-16-33(29)38(45,21-36(43)41(7-2)8-3)18-9-11-25(4)26(5)48(46)40-37(44)28-13-17-35(47-24-30)34(42)20-28/h9,13-15,17-20,25-26,29-30,33,45H,6-8,10-12,16,21-24H2,1-5H3,(H,40,44)/b18-9+/t25?,26?,29?,30?,33?,38-,48?/m1/s1. The van der Waals surface area contributed by atoms with Gasteiger partial charge in [0.2, 0.25) is 5.91 Å². The Balaban J connectivity index is 1.56. The number of amides is 2. The van der Waals surface area contributed by atoms with Gasteiger partial charge in [-0.2, -0.15) is 0 Å². The molecule has 0 aromatic heterocycles. The summed E-state index contributed by atoms with van der Waals surface area (Å²) < 4.78 is 22.5. The average molecular weight is 698 g/mol. The average Bonchev–Trinajstić information content (AvgIpc) is 3.21. The van der Waals surface area contributed by atoms with E-state index < -0.39 is 16.6 Å². The quantitative estimate of drug-likeness (QED) is 0.314. The number of rotatable bonds is 7. The molecule has 0 radical (unpaired) electrons. The molecule has 0 spiro atoms. The maximum Gasteiger partial charge on any atom is 0.263 e. The van der Waals surface area contributed by atoms with E-state index in [4.69, 9.17) is 16.3 Å². The van der Waals surface area contributed by atoms with Crippen molar-refractivity contribution in [1.82, 2.24) is 9.62 Å². The summed E-state index contributed by atoms with van der Waals surface area (Å²) in [4.78, 5) is 31.0. The molecule has 6 unspecified atom stereocenters. The van der Waals surface area contributed by atoms with Gasteiger partial charge in [-0.3, -0.25) is 14.3 Å². The molecular formula is C38H52ClN3O5S. The molecule has 7 atom stereocenters. The lowest BCUT2D eigenvalue weighted by molar-refractivity contribution is -0.139. The highest BCUT2D eigenvalue weighted by Crippen LogP contribution is 2.47. The van der Waals surface area contributed by atoms with Crippen LogP contribution >= 0.6 is 11.6 Å². The predicted molar refractivity (Wildman–Crippen MR) is 194 cm³/mol. The Morgan fingerprint density at radius 1 is 1.12 bits per heavy atom. The second-order valence-electron chi connectivity index (χ2n) is 13.9. The van der Waals surface area contributed by atoms with Crippen molar-refractivity contribution in [2.75, 3.05) is 37.7 Å². The zero-order valence-corrected chi connectivity index (χ0v) is 30.6. The third-order valence-electron chi connectivity index (χ3n) is 10.8. The smallest absolute Gasteiger partial charge is 0.263 e. The molecular weight excluding hydrogens is 646 g/mol. The number of allylic oxidation sites excluding steroid dienone is 1. The molecule has 1 aliphatic carbocycles. The molecule has 262 valence electrons. The summed E-state index contributed by atoms with van der Waals surface area (Å²) in [5.41, 5.74) is 2.32. The van der Waals surface area contributed by atoms with E-state index in [1.54, 1.807) is 11.0 Å². The lowest BCUT2D eigenvalue weighted by Crippen LogP contribution is -2.52. The van der Waals surface area contributed by atoms with Crippen LogP contribution in [0.4, 0.5) is 5.69 Å². The van der Waals surface area contributed by atoms with Crippen molar-refractivity contribution in [2.24, 2.45) is 17.8 Å². The molecule has 0 saturated heterocycles. The maximum atomic E-state index is 13.5. The van der Waals surface area contributed by atoms with Crippen LogP contribution in [0.25, 0.3) is 0 Å². The minimum Gasteiger partial charge on any atom is -0.491 e. The number of fused-ring (bicyclic) bond motifs is 2. The van der Waals surface area contributed by atoms with E-state index in [1.165, 1.54) is 11.1 Å².